The number of nitriles is 1. The lowest BCUT2D eigenvalue weighted by atomic mass is 9.81. The van der Waals surface area contributed by atoms with Crippen molar-refractivity contribution in [3.05, 3.63) is 52.2 Å². The smallest absolute Gasteiger partial charge is 0.338 e. The van der Waals surface area contributed by atoms with Gasteiger partial charge in [-0.2, -0.15) is 10.2 Å². The van der Waals surface area contributed by atoms with Gasteiger partial charge in [-0.05, 0) is 36.3 Å². The lowest BCUT2D eigenvalue weighted by molar-refractivity contribution is -0.127. The summed E-state index contributed by atoms with van der Waals surface area (Å²) in [6.45, 7) is 0. The van der Waals surface area contributed by atoms with Gasteiger partial charge >= 0.3 is 5.69 Å². The van der Waals surface area contributed by atoms with Crippen molar-refractivity contribution in [2.24, 2.45) is 11.7 Å². The molecule has 2 aliphatic carbocycles. The van der Waals surface area contributed by atoms with Gasteiger partial charge in [0.05, 0.1) is 17.3 Å². The molecule has 7 heteroatoms. The van der Waals surface area contributed by atoms with Crippen molar-refractivity contribution in [2.45, 2.75) is 75.8 Å². The van der Waals surface area contributed by atoms with Gasteiger partial charge in [0.15, 0.2) is 0 Å². The number of carbonyl (C=O) groups is 1. The van der Waals surface area contributed by atoms with E-state index in [9.17, 15) is 14.9 Å². The van der Waals surface area contributed by atoms with Crippen LogP contribution >= 0.6 is 0 Å². The summed E-state index contributed by atoms with van der Waals surface area (Å²) in [4.78, 5) is 31.3. The standard InChI is InChI=1S/C25H31N5O2/c26-15-20(29-23(31)25(27)11-2-1-3-12-25)13-18-7-9-19(10-8-18)21-16-28-24(32)30-22(21)14-17-5-4-6-17/h7-10,16-17,20H,1-6,11-14,27H2,(H,29,31)(H,28,30,32). The zero-order valence-corrected chi connectivity index (χ0v) is 18.4. The van der Waals surface area contributed by atoms with Gasteiger partial charge in [-0.3, -0.25) is 4.79 Å². The topological polar surface area (TPSA) is 125 Å². The van der Waals surface area contributed by atoms with E-state index in [1.54, 1.807) is 6.20 Å². The number of aromatic nitrogens is 2. The molecular weight excluding hydrogens is 402 g/mol. The summed E-state index contributed by atoms with van der Waals surface area (Å²) in [5, 5.41) is 12.4. The Balaban J connectivity index is 1.44. The molecule has 0 radical (unpaired) electrons. The highest BCUT2D eigenvalue weighted by Crippen LogP contribution is 2.32. The van der Waals surface area contributed by atoms with Crippen molar-refractivity contribution in [1.82, 2.24) is 15.3 Å². The van der Waals surface area contributed by atoms with Crippen LogP contribution in [0.4, 0.5) is 0 Å². The van der Waals surface area contributed by atoms with Gasteiger partial charge in [-0.25, -0.2) is 4.79 Å². The third-order valence-electron chi connectivity index (χ3n) is 6.96. The maximum atomic E-state index is 12.7. The quantitative estimate of drug-likeness (QED) is 0.619. The fraction of sp³-hybridized carbons (Fsp3) is 0.520. The zero-order valence-electron chi connectivity index (χ0n) is 18.4. The Morgan fingerprint density at radius 3 is 2.56 bits per heavy atom. The van der Waals surface area contributed by atoms with Crippen molar-refractivity contribution < 1.29 is 4.79 Å². The van der Waals surface area contributed by atoms with Crippen molar-refractivity contribution in [1.29, 1.82) is 5.26 Å². The Hall–Kier alpha value is -2.98. The summed E-state index contributed by atoms with van der Waals surface area (Å²) in [6.07, 6.45) is 11.0. The molecular formula is C25H31N5O2. The summed E-state index contributed by atoms with van der Waals surface area (Å²) in [5.74, 6) is 0.387. The molecule has 4 N–H and O–H groups in total. The fourth-order valence-corrected chi connectivity index (χ4v) is 4.70. The van der Waals surface area contributed by atoms with E-state index in [1.807, 2.05) is 24.3 Å². The third-order valence-corrected chi connectivity index (χ3v) is 6.96. The average Bonchev–Trinajstić information content (AvgIpc) is 2.77. The molecule has 1 aromatic heterocycles. The van der Waals surface area contributed by atoms with E-state index in [2.05, 4.69) is 21.4 Å². The molecule has 1 heterocycles. The summed E-state index contributed by atoms with van der Waals surface area (Å²) < 4.78 is 0. The van der Waals surface area contributed by atoms with Gasteiger partial charge in [-0.1, -0.05) is 62.8 Å². The van der Waals surface area contributed by atoms with Gasteiger partial charge in [0.2, 0.25) is 5.91 Å². The minimum absolute atomic E-state index is 0.222. The highest BCUT2D eigenvalue weighted by Gasteiger charge is 2.36. The van der Waals surface area contributed by atoms with Gasteiger partial charge in [0, 0.05) is 18.2 Å². The van der Waals surface area contributed by atoms with Crippen LogP contribution in [-0.2, 0) is 17.6 Å². The average molecular weight is 434 g/mol. The number of nitrogens with two attached hydrogens (primary N) is 1. The summed E-state index contributed by atoms with van der Waals surface area (Å²) in [6, 6.07) is 9.46. The Morgan fingerprint density at radius 2 is 1.94 bits per heavy atom. The predicted molar refractivity (Wildman–Crippen MR) is 123 cm³/mol. The minimum Gasteiger partial charge on any atom is -0.338 e. The van der Waals surface area contributed by atoms with Crippen LogP contribution in [0.1, 0.15) is 62.6 Å². The van der Waals surface area contributed by atoms with Crippen LogP contribution in [0.3, 0.4) is 0 Å². The Kier molecular flexibility index (Phi) is 6.71. The molecule has 1 unspecified atom stereocenters. The van der Waals surface area contributed by atoms with Crippen LogP contribution in [0.5, 0.6) is 0 Å². The number of aromatic amines is 1. The molecule has 1 aromatic carbocycles. The van der Waals surface area contributed by atoms with E-state index < -0.39 is 11.6 Å². The van der Waals surface area contributed by atoms with E-state index in [4.69, 9.17) is 5.73 Å². The maximum absolute atomic E-state index is 12.7. The van der Waals surface area contributed by atoms with E-state index in [-0.39, 0.29) is 11.6 Å². The van der Waals surface area contributed by atoms with Crippen LogP contribution in [-0.4, -0.2) is 27.5 Å². The molecule has 2 saturated carbocycles. The van der Waals surface area contributed by atoms with Gasteiger partial charge in [-0.15, -0.1) is 0 Å². The van der Waals surface area contributed by atoms with Crippen LogP contribution in [0.15, 0.2) is 35.3 Å². The number of nitrogens with one attached hydrogen (secondary N) is 2. The normalized spacial score (nSPS) is 18.9. The van der Waals surface area contributed by atoms with Gasteiger partial charge in [0.1, 0.15) is 6.04 Å². The van der Waals surface area contributed by atoms with Crippen LogP contribution in [0, 0.1) is 17.2 Å². The number of rotatable bonds is 7. The SMILES string of the molecule is N#CC(Cc1ccc(-c2c[nH]c(=O)nc2CC2CCC2)cc1)NC(=O)C1(N)CCCCC1. The lowest BCUT2D eigenvalue weighted by Gasteiger charge is -2.32. The van der Waals surface area contributed by atoms with Crippen LogP contribution in [0.2, 0.25) is 0 Å². The first-order valence-electron chi connectivity index (χ1n) is 11.6. The molecule has 32 heavy (non-hydrogen) atoms. The molecule has 7 nitrogen and oxygen atoms in total. The molecule has 1 atom stereocenters. The van der Waals surface area contributed by atoms with Crippen molar-refractivity contribution >= 4 is 5.91 Å². The van der Waals surface area contributed by atoms with Crippen molar-refractivity contribution in [3.8, 4) is 17.2 Å². The van der Waals surface area contributed by atoms with Crippen LogP contribution < -0.4 is 16.7 Å². The third kappa shape index (κ3) is 5.08. The largest absolute Gasteiger partial charge is 0.345 e. The number of hydrogen-bond donors (Lipinski definition) is 3. The second-order valence-corrected chi connectivity index (χ2v) is 9.34. The first kappa shape index (κ1) is 22.2. The number of carbonyl (C=O) groups excluding carboxylic acids is 1. The molecule has 0 saturated heterocycles. The number of nitrogens with zero attached hydrogens (tertiary/aromatic N) is 2. The van der Waals surface area contributed by atoms with Gasteiger partial charge in [0.25, 0.3) is 0 Å². The summed E-state index contributed by atoms with van der Waals surface area (Å²) >= 11 is 0. The lowest BCUT2D eigenvalue weighted by Crippen LogP contribution is -2.57. The molecule has 2 aliphatic rings. The first-order valence-corrected chi connectivity index (χ1v) is 11.6. The number of hydrogen-bond acceptors (Lipinski definition) is 5. The first-order chi connectivity index (χ1) is 15.5. The van der Waals surface area contributed by atoms with E-state index >= 15 is 0 Å². The zero-order chi connectivity index (χ0) is 22.6. The molecule has 168 valence electrons. The predicted octanol–water partition coefficient (Wildman–Crippen LogP) is 2.99. The molecule has 2 aromatic rings. The van der Waals surface area contributed by atoms with E-state index in [1.165, 1.54) is 19.3 Å². The monoisotopic (exact) mass is 433 g/mol. The molecule has 4 rings (SSSR count). The fourth-order valence-electron chi connectivity index (χ4n) is 4.70. The summed E-state index contributed by atoms with van der Waals surface area (Å²) in [5.41, 5.74) is 8.84. The summed E-state index contributed by atoms with van der Waals surface area (Å²) in [7, 11) is 0. The molecule has 0 spiro atoms. The minimum atomic E-state index is -0.856. The second kappa shape index (κ2) is 9.66. The van der Waals surface area contributed by atoms with Crippen molar-refractivity contribution in [3.63, 3.8) is 0 Å². The van der Waals surface area contributed by atoms with Crippen LogP contribution in [0.25, 0.3) is 11.1 Å². The maximum Gasteiger partial charge on any atom is 0.345 e. The van der Waals surface area contributed by atoms with E-state index in [0.717, 1.165) is 48.1 Å². The van der Waals surface area contributed by atoms with Crippen molar-refractivity contribution in [2.75, 3.05) is 0 Å². The Labute approximate surface area is 188 Å². The number of amides is 1. The Bertz CT molecular complexity index is 1040. The van der Waals surface area contributed by atoms with Gasteiger partial charge < -0.3 is 16.0 Å². The Morgan fingerprint density at radius 1 is 1.22 bits per heavy atom. The highest BCUT2D eigenvalue weighted by molar-refractivity contribution is 5.86. The number of benzene rings is 1. The molecule has 2 fully saturated rings. The molecule has 0 bridgehead atoms. The molecule has 1 amide bonds. The molecule has 0 aliphatic heterocycles. The second-order valence-electron chi connectivity index (χ2n) is 9.34. The number of H-pyrrole nitrogens is 1. The highest BCUT2D eigenvalue weighted by atomic mass is 16.2. The van der Waals surface area contributed by atoms with E-state index in [0.29, 0.717) is 25.2 Å².